The van der Waals surface area contributed by atoms with Gasteiger partial charge in [0.05, 0.1) is 12.3 Å². The van der Waals surface area contributed by atoms with E-state index in [1.807, 2.05) is 0 Å². The van der Waals surface area contributed by atoms with E-state index in [9.17, 15) is 13.2 Å². The van der Waals surface area contributed by atoms with Crippen molar-refractivity contribution in [2.24, 2.45) is 0 Å². The van der Waals surface area contributed by atoms with Crippen molar-refractivity contribution in [2.75, 3.05) is 12.3 Å². The van der Waals surface area contributed by atoms with Crippen LogP contribution >= 0.6 is 0 Å². The Balaban J connectivity index is 2.12. The first kappa shape index (κ1) is 13.4. The number of nitrogens with one attached hydrogen (secondary N) is 1. The zero-order valence-electron chi connectivity index (χ0n) is 10.3. The van der Waals surface area contributed by atoms with Gasteiger partial charge in [-0.05, 0) is 25.0 Å². The fourth-order valence-electron chi connectivity index (χ4n) is 1.82. The highest BCUT2D eigenvalue weighted by Gasteiger charge is 2.31. The molecule has 100 valence electrons. The van der Waals surface area contributed by atoms with Crippen molar-refractivity contribution in [3.63, 3.8) is 0 Å². The third kappa shape index (κ3) is 3.06. The average Bonchev–Trinajstić information content (AvgIpc) is 2.36. The van der Waals surface area contributed by atoms with Gasteiger partial charge in [-0.1, -0.05) is 18.1 Å². The fraction of sp³-hybridized carbons (Fsp3) is 0.308. The van der Waals surface area contributed by atoms with E-state index >= 15 is 0 Å². The van der Waals surface area contributed by atoms with Crippen LogP contribution in [0.2, 0.25) is 0 Å². The fourth-order valence-corrected chi connectivity index (χ4v) is 3.38. The number of hydrogen-bond donors (Lipinski definition) is 1. The Kier molecular flexibility index (Phi) is 3.76. The van der Waals surface area contributed by atoms with Crippen molar-refractivity contribution in [1.29, 1.82) is 0 Å². The summed E-state index contributed by atoms with van der Waals surface area (Å²) in [6, 6.07) is 6.48. The van der Waals surface area contributed by atoms with E-state index in [1.165, 1.54) is 6.07 Å². The van der Waals surface area contributed by atoms with E-state index in [0.717, 1.165) is 0 Å². The minimum Gasteiger partial charge on any atom is -0.486 e. The number of benzene rings is 1. The largest absolute Gasteiger partial charge is 0.486 e. The van der Waals surface area contributed by atoms with Crippen molar-refractivity contribution in [1.82, 2.24) is 5.32 Å². The predicted octanol–water partition coefficient (Wildman–Crippen LogP) is 0.361. The molecule has 0 fully saturated rings. The summed E-state index contributed by atoms with van der Waals surface area (Å²) in [6.45, 7) is 1.67. The molecule has 5 nitrogen and oxygen atoms in total. The molecule has 0 aliphatic carbocycles. The molecule has 1 aliphatic rings. The highest BCUT2D eigenvalue weighted by Crippen LogP contribution is 2.30. The zero-order chi connectivity index (χ0) is 13.9. The first-order valence-electron chi connectivity index (χ1n) is 5.72. The van der Waals surface area contributed by atoms with Gasteiger partial charge in [-0.25, -0.2) is 8.42 Å². The van der Waals surface area contributed by atoms with Gasteiger partial charge in [0.25, 0.3) is 5.91 Å². The van der Waals surface area contributed by atoms with E-state index in [4.69, 9.17) is 4.74 Å². The molecule has 0 radical (unpaired) electrons. The van der Waals surface area contributed by atoms with Crippen LogP contribution in [0.25, 0.3) is 0 Å². The first-order valence-corrected chi connectivity index (χ1v) is 7.37. The molecule has 0 saturated carbocycles. The standard InChI is InChI=1S/C13H13NO4S/c1-2-5-13(15)14-8-10-9-19(16,17)12-7-4-3-6-11(12)18-10/h3-4,6-7,10H,8-9H2,1H3,(H,14,15). The second-order valence-electron chi connectivity index (χ2n) is 4.05. The number of sulfone groups is 1. The van der Waals surface area contributed by atoms with Gasteiger partial charge in [-0.3, -0.25) is 4.79 Å². The maximum atomic E-state index is 12.0. The lowest BCUT2D eigenvalue weighted by atomic mass is 10.3. The van der Waals surface area contributed by atoms with Crippen LogP contribution in [0, 0.1) is 11.8 Å². The predicted molar refractivity (Wildman–Crippen MR) is 69.4 cm³/mol. The van der Waals surface area contributed by atoms with E-state index in [0.29, 0.717) is 5.75 Å². The van der Waals surface area contributed by atoms with E-state index < -0.39 is 21.8 Å². The molecule has 1 aliphatic heterocycles. The molecular weight excluding hydrogens is 266 g/mol. The molecular formula is C13H13NO4S. The lowest BCUT2D eigenvalue weighted by Crippen LogP contribution is -2.41. The van der Waals surface area contributed by atoms with Crippen LogP contribution in [0.4, 0.5) is 0 Å². The summed E-state index contributed by atoms with van der Waals surface area (Å²) < 4.78 is 29.6. The third-order valence-corrected chi connectivity index (χ3v) is 4.43. The molecule has 0 bridgehead atoms. The molecule has 1 atom stereocenters. The van der Waals surface area contributed by atoms with Crippen LogP contribution in [-0.2, 0) is 14.6 Å². The topological polar surface area (TPSA) is 72.5 Å². The molecule has 1 N–H and O–H groups in total. The van der Waals surface area contributed by atoms with E-state index in [1.54, 1.807) is 25.1 Å². The number of carbonyl (C=O) groups is 1. The van der Waals surface area contributed by atoms with Gasteiger partial charge in [-0.15, -0.1) is 0 Å². The summed E-state index contributed by atoms with van der Waals surface area (Å²) in [4.78, 5) is 11.4. The number of hydrogen-bond acceptors (Lipinski definition) is 4. The average molecular weight is 279 g/mol. The number of ether oxygens (including phenoxy) is 1. The number of rotatable bonds is 2. The second-order valence-corrected chi connectivity index (χ2v) is 6.06. The molecule has 0 saturated heterocycles. The Labute approximate surface area is 111 Å². The highest BCUT2D eigenvalue weighted by molar-refractivity contribution is 7.91. The molecule has 0 spiro atoms. The molecule has 2 rings (SSSR count). The van der Waals surface area contributed by atoms with Gasteiger partial charge < -0.3 is 10.1 Å². The van der Waals surface area contributed by atoms with Gasteiger partial charge in [0, 0.05) is 0 Å². The molecule has 1 unspecified atom stereocenters. The number of amides is 1. The molecule has 1 amide bonds. The highest BCUT2D eigenvalue weighted by atomic mass is 32.2. The van der Waals surface area contributed by atoms with Crippen LogP contribution in [0.5, 0.6) is 5.75 Å². The Morgan fingerprint density at radius 3 is 2.95 bits per heavy atom. The van der Waals surface area contributed by atoms with E-state index in [2.05, 4.69) is 17.2 Å². The smallest absolute Gasteiger partial charge is 0.296 e. The van der Waals surface area contributed by atoms with Crippen molar-refractivity contribution in [3.8, 4) is 17.6 Å². The third-order valence-electron chi connectivity index (χ3n) is 2.61. The summed E-state index contributed by atoms with van der Waals surface area (Å²) in [5, 5.41) is 2.52. The van der Waals surface area contributed by atoms with Gasteiger partial charge in [0.1, 0.15) is 16.7 Å². The molecule has 19 heavy (non-hydrogen) atoms. The summed E-state index contributed by atoms with van der Waals surface area (Å²) in [5.74, 6) is 4.52. The van der Waals surface area contributed by atoms with Crippen LogP contribution < -0.4 is 10.1 Å². The van der Waals surface area contributed by atoms with Crippen molar-refractivity contribution >= 4 is 15.7 Å². The quantitative estimate of drug-likeness (QED) is 0.793. The number of carbonyl (C=O) groups excluding carboxylic acids is 1. The van der Waals surface area contributed by atoms with Crippen molar-refractivity contribution in [3.05, 3.63) is 24.3 Å². The van der Waals surface area contributed by atoms with Crippen LogP contribution in [0.3, 0.4) is 0 Å². The normalized spacial score (nSPS) is 19.3. The van der Waals surface area contributed by atoms with Crippen LogP contribution in [0.15, 0.2) is 29.2 Å². The molecule has 1 aromatic rings. The van der Waals surface area contributed by atoms with Gasteiger partial charge in [0.2, 0.25) is 0 Å². The second kappa shape index (κ2) is 5.33. The maximum absolute atomic E-state index is 12.0. The van der Waals surface area contributed by atoms with Crippen LogP contribution in [-0.4, -0.2) is 32.7 Å². The summed E-state index contributed by atoms with van der Waals surface area (Å²) in [6.07, 6.45) is -0.595. The van der Waals surface area contributed by atoms with Crippen molar-refractivity contribution in [2.45, 2.75) is 17.9 Å². The zero-order valence-corrected chi connectivity index (χ0v) is 11.2. The monoisotopic (exact) mass is 279 g/mol. The SMILES string of the molecule is CC#CC(=O)NCC1CS(=O)(=O)c2ccccc2O1. The summed E-state index contributed by atoms with van der Waals surface area (Å²) in [7, 11) is -3.36. The lowest BCUT2D eigenvalue weighted by Gasteiger charge is -2.25. The van der Waals surface area contributed by atoms with Gasteiger partial charge in [-0.2, -0.15) is 0 Å². The minimum atomic E-state index is -3.36. The van der Waals surface area contributed by atoms with Gasteiger partial charge >= 0.3 is 0 Å². The van der Waals surface area contributed by atoms with Gasteiger partial charge in [0.15, 0.2) is 9.84 Å². The van der Waals surface area contributed by atoms with Crippen LogP contribution in [0.1, 0.15) is 6.92 Å². The maximum Gasteiger partial charge on any atom is 0.296 e. The number of fused-ring (bicyclic) bond motifs is 1. The molecule has 0 aromatic heterocycles. The minimum absolute atomic E-state index is 0.112. The summed E-state index contributed by atoms with van der Waals surface area (Å²) in [5.41, 5.74) is 0. The Bertz CT molecular complexity index is 655. The Morgan fingerprint density at radius 2 is 2.21 bits per heavy atom. The first-order chi connectivity index (χ1) is 9.03. The lowest BCUT2D eigenvalue weighted by molar-refractivity contribution is -0.116. The molecule has 1 aromatic carbocycles. The Hall–Kier alpha value is -2.00. The summed E-state index contributed by atoms with van der Waals surface area (Å²) >= 11 is 0. The Morgan fingerprint density at radius 1 is 1.47 bits per heavy atom. The molecule has 1 heterocycles. The number of para-hydroxylation sites is 1. The van der Waals surface area contributed by atoms with Crippen molar-refractivity contribution < 1.29 is 17.9 Å². The molecule has 6 heteroatoms. The van der Waals surface area contributed by atoms with E-state index in [-0.39, 0.29) is 17.2 Å².